The van der Waals surface area contributed by atoms with Gasteiger partial charge in [-0.3, -0.25) is 14.6 Å². The summed E-state index contributed by atoms with van der Waals surface area (Å²) in [5.41, 5.74) is 4.82. The van der Waals surface area contributed by atoms with Crippen molar-refractivity contribution in [3.63, 3.8) is 0 Å². The molecule has 3 N–H and O–H groups in total. The van der Waals surface area contributed by atoms with Crippen LogP contribution >= 0.6 is 0 Å². The molecule has 4 aromatic rings. The first-order chi connectivity index (χ1) is 13.6. The van der Waals surface area contributed by atoms with Crippen LogP contribution in [0.3, 0.4) is 0 Å². The van der Waals surface area contributed by atoms with Gasteiger partial charge in [-0.05, 0) is 29.3 Å². The molecule has 0 spiro atoms. The third-order valence-electron chi connectivity index (χ3n) is 4.98. The van der Waals surface area contributed by atoms with Crippen LogP contribution < -0.4 is 10.6 Å². The number of nitrogens with one attached hydrogen (secondary N) is 3. The Labute approximate surface area is 159 Å². The Morgan fingerprint density at radius 3 is 2.89 bits per heavy atom. The van der Waals surface area contributed by atoms with Gasteiger partial charge in [0.05, 0.1) is 11.7 Å². The Hall–Kier alpha value is -3.52. The molecule has 0 saturated carbocycles. The second-order valence-electron chi connectivity index (χ2n) is 6.89. The SMILES string of the molecule is Cn1cc(-c2cc3c(C(=O)Nc4ccc5c(c4)CNC5)n[nH]c3cc2F)cn1. The fraction of sp³-hybridized carbons (Fsp3) is 0.150. The van der Waals surface area contributed by atoms with Crippen molar-refractivity contribution in [2.24, 2.45) is 7.05 Å². The highest BCUT2D eigenvalue weighted by Gasteiger charge is 2.19. The van der Waals surface area contributed by atoms with E-state index in [-0.39, 0.29) is 11.6 Å². The topological polar surface area (TPSA) is 87.6 Å². The van der Waals surface area contributed by atoms with Crippen LogP contribution in [0.4, 0.5) is 10.1 Å². The summed E-state index contributed by atoms with van der Waals surface area (Å²) < 4.78 is 16.1. The molecule has 28 heavy (non-hydrogen) atoms. The Bertz CT molecular complexity index is 1220. The fourth-order valence-corrected chi connectivity index (χ4v) is 3.56. The Kier molecular flexibility index (Phi) is 3.73. The molecule has 0 fully saturated rings. The Balaban J connectivity index is 1.51. The van der Waals surface area contributed by atoms with Crippen molar-refractivity contribution in [1.82, 2.24) is 25.3 Å². The van der Waals surface area contributed by atoms with E-state index < -0.39 is 5.82 Å². The zero-order chi connectivity index (χ0) is 19.3. The predicted molar refractivity (Wildman–Crippen MR) is 103 cm³/mol. The Morgan fingerprint density at radius 1 is 1.21 bits per heavy atom. The fourth-order valence-electron chi connectivity index (χ4n) is 3.56. The first kappa shape index (κ1) is 16.6. The van der Waals surface area contributed by atoms with Gasteiger partial charge in [-0.1, -0.05) is 6.07 Å². The van der Waals surface area contributed by atoms with E-state index in [0.29, 0.717) is 27.7 Å². The lowest BCUT2D eigenvalue weighted by Gasteiger charge is -2.06. The lowest BCUT2D eigenvalue weighted by molar-refractivity contribution is 0.102. The number of benzene rings is 2. The van der Waals surface area contributed by atoms with Gasteiger partial charge in [0, 0.05) is 54.6 Å². The van der Waals surface area contributed by atoms with Crippen LogP contribution in [0.15, 0.2) is 42.7 Å². The highest BCUT2D eigenvalue weighted by Crippen LogP contribution is 2.29. The highest BCUT2D eigenvalue weighted by atomic mass is 19.1. The number of fused-ring (bicyclic) bond motifs is 2. The van der Waals surface area contributed by atoms with E-state index in [0.717, 1.165) is 13.1 Å². The number of hydrogen-bond donors (Lipinski definition) is 3. The molecule has 0 bridgehead atoms. The van der Waals surface area contributed by atoms with Crippen LogP contribution in [-0.4, -0.2) is 25.9 Å². The first-order valence-corrected chi connectivity index (χ1v) is 8.89. The van der Waals surface area contributed by atoms with E-state index in [1.54, 1.807) is 30.2 Å². The number of halogens is 1. The van der Waals surface area contributed by atoms with E-state index in [4.69, 9.17) is 0 Å². The predicted octanol–water partition coefficient (Wildman–Crippen LogP) is 2.96. The third kappa shape index (κ3) is 2.74. The average Bonchev–Trinajstić information content (AvgIpc) is 3.39. The molecule has 1 amide bonds. The number of H-pyrrole nitrogens is 1. The van der Waals surface area contributed by atoms with Gasteiger partial charge in [0.15, 0.2) is 5.69 Å². The van der Waals surface area contributed by atoms with Gasteiger partial charge in [0.25, 0.3) is 5.91 Å². The van der Waals surface area contributed by atoms with E-state index in [1.807, 2.05) is 18.2 Å². The number of rotatable bonds is 3. The van der Waals surface area contributed by atoms with E-state index in [9.17, 15) is 9.18 Å². The largest absolute Gasteiger partial charge is 0.321 e. The quantitative estimate of drug-likeness (QED) is 0.513. The molecular weight excluding hydrogens is 359 g/mol. The molecule has 0 aliphatic carbocycles. The van der Waals surface area contributed by atoms with E-state index >= 15 is 0 Å². The normalized spacial score (nSPS) is 13.1. The number of carbonyl (C=O) groups is 1. The number of hydrogen-bond acceptors (Lipinski definition) is 4. The molecule has 8 heteroatoms. The van der Waals surface area contributed by atoms with Gasteiger partial charge >= 0.3 is 0 Å². The maximum absolute atomic E-state index is 14.5. The molecular formula is C20H17FN6O. The summed E-state index contributed by atoms with van der Waals surface area (Å²) in [5.74, 6) is -0.747. The summed E-state index contributed by atoms with van der Waals surface area (Å²) in [5, 5.41) is 17.7. The lowest BCUT2D eigenvalue weighted by atomic mass is 10.0. The van der Waals surface area contributed by atoms with Crippen molar-refractivity contribution in [1.29, 1.82) is 0 Å². The molecule has 7 nitrogen and oxygen atoms in total. The van der Waals surface area contributed by atoms with Crippen LogP contribution in [-0.2, 0) is 20.1 Å². The monoisotopic (exact) mass is 376 g/mol. The summed E-state index contributed by atoms with van der Waals surface area (Å²) in [6.07, 6.45) is 3.31. The molecule has 3 heterocycles. The maximum atomic E-state index is 14.5. The second-order valence-corrected chi connectivity index (χ2v) is 6.89. The molecule has 0 atom stereocenters. The van der Waals surface area contributed by atoms with Crippen molar-refractivity contribution in [3.8, 4) is 11.1 Å². The second kappa shape index (κ2) is 6.28. The number of aromatic nitrogens is 4. The minimum atomic E-state index is -0.401. The summed E-state index contributed by atoms with van der Waals surface area (Å²) in [6.45, 7) is 1.63. The zero-order valence-electron chi connectivity index (χ0n) is 15.1. The number of nitrogens with zero attached hydrogens (tertiary/aromatic N) is 3. The third-order valence-corrected chi connectivity index (χ3v) is 4.98. The van der Waals surface area contributed by atoms with Crippen LogP contribution in [0, 0.1) is 5.82 Å². The van der Waals surface area contributed by atoms with E-state index in [2.05, 4.69) is 25.9 Å². The summed E-state index contributed by atoms with van der Waals surface area (Å²) in [4.78, 5) is 12.8. The van der Waals surface area contributed by atoms with Crippen molar-refractivity contribution in [3.05, 3.63) is 65.4 Å². The molecule has 2 aromatic heterocycles. The standard InChI is InChI=1S/C20H17FN6O/c1-27-10-13(9-23-27)15-5-16-18(6-17(15)21)25-26-19(16)20(28)24-14-3-2-11-7-22-8-12(11)4-14/h2-6,9-10,22H,7-8H2,1H3,(H,24,28)(H,25,26). The van der Waals surface area contributed by atoms with Gasteiger partial charge in [-0.2, -0.15) is 10.2 Å². The van der Waals surface area contributed by atoms with Crippen molar-refractivity contribution in [2.45, 2.75) is 13.1 Å². The van der Waals surface area contributed by atoms with E-state index in [1.165, 1.54) is 17.2 Å². The van der Waals surface area contributed by atoms with Crippen LogP contribution in [0.1, 0.15) is 21.6 Å². The van der Waals surface area contributed by atoms with Gasteiger partial charge in [-0.15, -0.1) is 0 Å². The number of carbonyl (C=O) groups excluding carboxylic acids is 1. The van der Waals surface area contributed by atoms with Crippen LogP contribution in [0.25, 0.3) is 22.0 Å². The maximum Gasteiger partial charge on any atom is 0.276 e. The highest BCUT2D eigenvalue weighted by molar-refractivity contribution is 6.11. The van der Waals surface area contributed by atoms with Crippen molar-refractivity contribution in [2.75, 3.05) is 5.32 Å². The van der Waals surface area contributed by atoms with Crippen molar-refractivity contribution < 1.29 is 9.18 Å². The van der Waals surface area contributed by atoms with Gasteiger partial charge in [0.2, 0.25) is 0 Å². The minimum Gasteiger partial charge on any atom is -0.321 e. The summed E-state index contributed by atoms with van der Waals surface area (Å²) >= 11 is 0. The number of aromatic amines is 1. The smallest absolute Gasteiger partial charge is 0.276 e. The van der Waals surface area contributed by atoms with Gasteiger partial charge in [0.1, 0.15) is 5.82 Å². The minimum absolute atomic E-state index is 0.221. The molecule has 0 radical (unpaired) electrons. The lowest BCUT2D eigenvalue weighted by Crippen LogP contribution is -2.13. The molecule has 2 aromatic carbocycles. The first-order valence-electron chi connectivity index (χ1n) is 8.89. The molecule has 0 saturated heterocycles. The van der Waals surface area contributed by atoms with Gasteiger partial charge < -0.3 is 10.6 Å². The molecule has 1 aliphatic rings. The van der Waals surface area contributed by atoms with Crippen LogP contribution in [0.5, 0.6) is 0 Å². The Morgan fingerprint density at radius 2 is 2.07 bits per heavy atom. The average molecular weight is 376 g/mol. The number of aryl methyl sites for hydroxylation is 1. The van der Waals surface area contributed by atoms with Crippen molar-refractivity contribution >= 4 is 22.5 Å². The van der Waals surface area contributed by atoms with Gasteiger partial charge in [-0.25, -0.2) is 4.39 Å². The number of amides is 1. The summed E-state index contributed by atoms with van der Waals surface area (Å²) in [7, 11) is 1.77. The molecule has 1 aliphatic heterocycles. The summed E-state index contributed by atoms with van der Waals surface area (Å²) in [6, 6.07) is 8.82. The molecule has 0 unspecified atom stereocenters. The molecule has 140 valence electrons. The zero-order valence-corrected chi connectivity index (χ0v) is 15.1. The van der Waals surface area contributed by atoms with Crippen LogP contribution in [0.2, 0.25) is 0 Å². The molecule has 5 rings (SSSR count). The number of anilines is 1.